The average molecular weight is 168 g/mol. The van der Waals surface area contributed by atoms with Crippen molar-refractivity contribution < 1.29 is 4.74 Å². The Balaban J connectivity index is 3.47. The van der Waals surface area contributed by atoms with Gasteiger partial charge in [-0.25, -0.2) is 0 Å². The molecule has 70 valence electrons. The zero-order chi connectivity index (χ0) is 9.23. The van der Waals surface area contributed by atoms with E-state index in [1.165, 1.54) is 0 Å². The highest BCUT2D eigenvalue weighted by molar-refractivity contribution is 4.79. The van der Waals surface area contributed by atoms with Crippen LogP contribution in [0.1, 0.15) is 26.2 Å². The van der Waals surface area contributed by atoms with Gasteiger partial charge in [0, 0.05) is 13.2 Å². The molecule has 0 saturated heterocycles. The van der Waals surface area contributed by atoms with Gasteiger partial charge in [-0.15, -0.1) is 13.2 Å². The van der Waals surface area contributed by atoms with Crippen LogP contribution in [-0.4, -0.2) is 13.2 Å². The first-order valence-electron chi connectivity index (χ1n) is 4.64. The third-order valence-corrected chi connectivity index (χ3v) is 1.70. The molecule has 0 aliphatic heterocycles. The predicted octanol–water partition coefficient (Wildman–Crippen LogP) is 3.18. The highest BCUT2D eigenvalue weighted by atomic mass is 16.5. The summed E-state index contributed by atoms with van der Waals surface area (Å²) >= 11 is 0. The molecule has 0 aliphatic rings. The number of hydrogen-bond donors (Lipinski definition) is 0. The van der Waals surface area contributed by atoms with Gasteiger partial charge < -0.3 is 4.74 Å². The molecule has 12 heavy (non-hydrogen) atoms. The highest BCUT2D eigenvalue weighted by Crippen LogP contribution is 2.10. The average Bonchev–Trinajstić information content (AvgIpc) is 2.06. The Labute approximate surface area is 76.1 Å². The van der Waals surface area contributed by atoms with Gasteiger partial charge in [0.05, 0.1) is 0 Å². The third kappa shape index (κ3) is 6.17. The maximum absolute atomic E-state index is 5.45. The lowest BCUT2D eigenvalue weighted by Gasteiger charge is -2.12. The monoisotopic (exact) mass is 168 g/mol. The van der Waals surface area contributed by atoms with E-state index in [4.69, 9.17) is 4.74 Å². The highest BCUT2D eigenvalue weighted by Gasteiger charge is 2.03. The van der Waals surface area contributed by atoms with Crippen molar-refractivity contribution in [1.82, 2.24) is 0 Å². The number of hydrogen-bond acceptors (Lipinski definition) is 1. The minimum Gasteiger partial charge on any atom is -0.381 e. The van der Waals surface area contributed by atoms with Crippen molar-refractivity contribution in [2.24, 2.45) is 5.92 Å². The third-order valence-electron chi connectivity index (χ3n) is 1.70. The molecule has 1 nitrogen and oxygen atoms in total. The molecule has 0 heterocycles. The molecule has 1 heteroatoms. The molecule has 0 spiro atoms. The molecular formula is C11H20O. The molecule has 0 atom stereocenters. The lowest BCUT2D eigenvalue weighted by atomic mass is 10.0. The number of allylic oxidation sites excluding steroid dienone is 2. The van der Waals surface area contributed by atoms with Crippen LogP contribution < -0.4 is 0 Å². The summed E-state index contributed by atoms with van der Waals surface area (Å²) in [4.78, 5) is 0. The van der Waals surface area contributed by atoms with Crippen LogP contribution in [0.2, 0.25) is 0 Å². The number of ether oxygens (including phenoxy) is 1. The molecule has 0 unspecified atom stereocenters. The van der Waals surface area contributed by atoms with Crippen molar-refractivity contribution in [1.29, 1.82) is 0 Å². The van der Waals surface area contributed by atoms with Gasteiger partial charge in [0.25, 0.3) is 0 Å². The standard InChI is InChI=1S/C11H20O/c1-4-7-11(8-5-2)10-12-9-6-3/h4-5,11H,1-2,6-10H2,3H3. The van der Waals surface area contributed by atoms with Crippen molar-refractivity contribution in [2.45, 2.75) is 26.2 Å². The zero-order valence-electron chi connectivity index (χ0n) is 8.09. The second-order valence-corrected chi connectivity index (χ2v) is 2.99. The van der Waals surface area contributed by atoms with Crippen LogP contribution in [0.15, 0.2) is 25.3 Å². The lowest BCUT2D eigenvalue weighted by Crippen LogP contribution is -2.08. The second-order valence-electron chi connectivity index (χ2n) is 2.99. The fourth-order valence-corrected chi connectivity index (χ4v) is 1.10. The van der Waals surface area contributed by atoms with Crippen molar-refractivity contribution in [2.75, 3.05) is 13.2 Å². The fourth-order valence-electron chi connectivity index (χ4n) is 1.10. The van der Waals surface area contributed by atoms with E-state index in [-0.39, 0.29) is 0 Å². The summed E-state index contributed by atoms with van der Waals surface area (Å²) < 4.78 is 5.45. The van der Waals surface area contributed by atoms with E-state index in [0.717, 1.165) is 32.5 Å². The van der Waals surface area contributed by atoms with E-state index in [1.807, 2.05) is 12.2 Å². The van der Waals surface area contributed by atoms with Crippen LogP contribution in [0, 0.1) is 5.92 Å². The van der Waals surface area contributed by atoms with Gasteiger partial charge in [-0.1, -0.05) is 19.1 Å². The molecule has 0 aromatic heterocycles. The SMILES string of the molecule is C=CCC(CC=C)COCCC. The van der Waals surface area contributed by atoms with E-state index in [9.17, 15) is 0 Å². The Hall–Kier alpha value is -0.560. The van der Waals surface area contributed by atoms with Crippen molar-refractivity contribution in [3.63, 3.8) is 0 Å². The smallest absolute Gasteiger partial charge is 0.0500 e. The summed E-state index contributed by atoms with van der Waals surface area (Å²) in [7, 11) is 0. The first-order chi connectivity index (χ1) is 5.85. The van der Waals surface area contributed by atoms with Gasteiger partial charge in [-0.3, -0.25) is 0 Å². The Kier molecular flexibility index (Phi) is 8.14. The largest absolute Gasteiger partial charge is 0.381 e. The summed E-state index contributed by atoms with van der Waals surface area (Å²) in [5.41, 5.74) is 0. The van der Waals surface area contributed by atoms with Crippen LogP contribution in [0.3, 0.4) is 0 Å². The van der Waals surface area contributed by atoms with Gasteiger partial charge in [-0.2, -0.15) is 0 Å². The predicted molar refractivity (Wildman–Crippen MR) is 54.2 cm³/mol. The number of rotatable bonds is 8. The van der Waals surface area contributed by atoms with Gasteiger partial charge in [-0.05, 0) is 25.2 Å². The topological polar surface area (TPSA) is 9.23 Å². The van der Waals surface area contributed by atoms with E-state index in [1.54, 1.807) is 0 Å². The molecule has 0 bridgehead atoms. The van der Waals surface area contributed by atoms with Crippen LogP contribution in [0.5, 0.6) is 0 Å². The normalized spacial score (nSPS) is 10.2. The quantitative estimate of drug-likeness (QED) is 0.399. The van der Waals surface area contributed by atoms with Crippen LogP contribution in [0.4, 0.5) is 0 Å². The molecule has 0 amide bonds. The molecule has 0 fully saturated rings. The van der Waals surface area contributed by atoms with Crippen LogP contribution >= 0.6 is 0 Å². The Morgan fingerprint density at radius 1 is 1.25 bits per heavy atom. The van der Waals surface area contributed by atoms with E-state index in [0.29, 0.717) is 5.92 Å². The van der Waals surface area contributed by atoms with Gasteiger partial charge >= 0.3 is 0 Å². The molecule has 0 rings (SSSR count). The maximum Gasteiger partial charge on any atom is 0.0500 e. The van der Waals surface area contributed by atoms with Gasteiger partial charge in [0.2, 0.25) is 0 Å². The Bertz CT molecular complexity index is 108. The van der Waals surface area contributed by atoms with Crippen LogP contribution in [0.25, 0.3) is 0 Å². The lowest BCUT2D eigenvalue weighted by molar-refractivity contribution is 0.101. The van der Waals surface area contributed by atoms with Crippen LogP contribution in [-0.2, 0) is 4.74 Å². The minimum atomic E-state index is 0.576. The van der Waals surface area contributed by atoms with Gasteiger partial charge in [0.1, 0.15) is 0 Å². The second kappa shape index (κ2) is 8.54. The maximum atomic E-state index is 5.45. The summed E-state index contributed by atoms with van der Waals surface area (Å²) in [6.45, 7) is 11.3. The van der Waals surface area contributed by atoms with E-state index in [2.05, 4.69) is 20.1 Å². The van der Waals surface area contributed by atoms with Gasteiger partial charge in [0.15, 0.2) is 0 Å². The van der Waals surface area contributed by atoms with Crippen molar-refractivity contribution in [3.05, 3.63) is 25.3 Å². The molecule has 0 aromatic carbocycles. The summed E-state index contributed by atoms with van der Waals surface area (Å²) in [6, 6.07) is 0. The first kappa shape index (κ1) is 11.4. The molecule has 0 N–H and O–H groups in total. The summed E-state index contributed by atoms with van der Waals surface area (Å²) in [5.74, 6) is 0.576. The van der Waals surface area contributed by atoms with E-state index < -0.39 is 0 Å². The van der Waals surface area contributed by atoms with E-state index >= 15 is 0 Å². The molecule has 0 radical (unpaired) electrons. The zero-order valence-corrected chi connectivity index (χ0v) is 8.09. The molecule has 0 aromatic rings. The molecular weight excluding hydrogens is 148 g/mol. The minimum absolute atomic E-state index is 0.576. The summed E-state index contributed by atoms with van der Waals surface area (Å²) in [6.07, 6.45) is 7.04. The fraction of sp³-hybridized carbons (Fsp3) is 0.636. The molecule has 0 saturated carbocycles. The molecule has 0 aliphatic carbocycles. The summed E-state index contributed by atoms with van der Waals surface area (Å²) in [5, 5.41) is 0. The Morgan fingerprint density at radius 2 is 1.83 bits per heavy atom. The first-order valence-corrected chi connectivity index (χ1v) is 4.64. The van der Waals surface area contributed by atoms with Crippen molar-refractivity contribution >= 4 is 0 Å². The van der Waals surface area contributed by atoms with Crippen molar-refractivity contribution in [3.8, 4) is 0 Å². The Morgan fingerprint density at radius 3 is 2.25 bits per heavy atom.